The Bertz CT molecular complexity index is 330. The maximum Gasteiger partial charge on any atom is 0.151 e. The average molecular weight is 285 g/mol. The van der Waals surface area contributed by atoms with Crippen molar-refractivity contribution in [3.63, 3.8) is 0 Å². The van der Waals surface area contributed by atoms with Crippen molar-refractivity contribution in [1.82, 2.24) is 15.1 Å². The van der Waals surface area contributed by atoms with Crippen LogP contribution < -0.4 is 4.90 Å². The molecule has 1 aromatic heterocycles. The predicted octanol–water partition coefficient (Wildman–Crippen LogP) is 1.77. The van der Waals surface area contributed by atoms with Crippen molar-refractivity contribution < 1.29 is 0 Å². The summed E-state index contributed by atoms with van der Waals surface area (Å²) in [7, 11) is 0. The number of halogens is 1. The Morgan fingerprint density at radius 1 is 1.12 bits per heavy atom. The average Bonchev–Trinajstić information content (AvgIpc) is 2.30. The Balaban J connectivity index is 1.96. The zero-order chi connectivity index (χ0) is 11.5. The van der Waals surface area contributed by atoms with Gasteiger partial charge in [0.05, 0.1) is 0 Å². The van der Waals surface area contributed by atoms with E-state index in [1.54, 1.807) is 0 Å². The first-order chi connectivity index (χ1) is 7.66. The third-order valence-electron chi connectivity index (χ3n) is 2.99. The molecule has 2 heterocycles. The highest BCUT2D eigenvalue weighted by Gasteiger charge is 2.19. The van der Waals surface area contributed by atoms with Crippen LogP contribution >= 0.6 is 15.9 Å². The first-order valence-corrected chi connectivity index (χ1v) is 6.44. The van der Waals surface area contributed by atoms with E-state index in [0.29, 0.717) is 6.04 Å². The van der Waals surface area contributed by atoms with Crippen LogP contribution in [0.15, 0.2) is 16.7 Å². The molecular weight excluding hydrogens is 268 g/mol. The minimum absolute atomic E-state index is 0.637. The fourth-order valence-corrected chi connectivity index (χ4v) is 2.16. The standard InChI is InChI=1S/C11H17BrN4/c1-9(2)15-5-7-16(8-6-15)11-4-3-10(12)13-14-11/h3-4,9H,5-8H2,1-2H3. The molecule has 16 heavy (non-hydrogen) atoms. The second kappa shape index (κ2) is 5.10. The maximum absolute atomic E-state index is 4.18. The van der Waals surface area contributed by atoms with E-state index in [4.69, 9.17) is 0 Å². The van der Waals surface area contributed by atoms with E-state index in [0.717, 1.165) is 36.6 Å². The van der Waals surface area contributed by atoms with E-state index < -0.39 is 0 Å². The molecule has 0 aromatic carbocycles. The Kier molecular flexibility index (Phi) is 3.76. The van der Waals surface area contributed by atoms with Crippen molar-refractivity contribution in [2.24, 2.45) is 0 Å². The van der Waals surface area contributed by atoms with Gasteiger partial charge in [-0.05, 0) is 41.9 Å². The van der Waals surface area contributed by atoms with Crippen LogP contribution in [0.3, 0.4) is 0 Å². The minimum atomic E-state index is 0.637. The van der Waals surface area contributed by atoms with Crippen LogP contribution in [0.1, 0.15) is 13.8 Å². The Morgan fingerprint density at radius 2 is 1.81 bits per heavy atom. The highest BCUT2D eigenvalue weighted by atomic mass is 79.9. The van der Waals surface area contributed by atoms with E-state index >= 15 is 0 Å². The SMILES string of the molecule is CC(C)N1CCN(c2ccc(Br)nn2)CC1. The molecule has 2 rings (SSSR count). The summed E-state index contributed by atoms with van der Waals surface area (Å²) in [6, 6.07) is 4.59. The Hall–Kier alpha value is -0.680. The lowest BCUT2D eigenvalue weighted by Gasteiger charge is -2.37. The smallest absolute Gasteiger partial charge is 0.151 e. The third kappa shape index (κ3) is 2.71. The molecule has 1 aromatic rings. The lowest BCUT2D eigenvalue weighted by atomic mass is 10.2. The van der Waals surface area contributed by atoms with Crippen molar-refractivity contribution in [3.8, 4) is 0 Å². The molecule has 1 saturated heterocycles. The number of hydrogen-bond acceptors (Lipinski definition) is 4. The van der Waals surface area contributed by atoms with Gasteiger partial charge in [-0.1, -0.05) is 0 Å². The van der Waals surface area contributed by atoms with Crippen LogP contribution in [0, 0.1) is 0 Å². The van der Waals surface area contributed by atoms with Crippen LogP contribution in [0.4, 0.5) is 5.82 Å². The monoisotopic (exact) mass is 284 g/mol. The Labute approximate surface area is 105 Å². The quantitative estimate of drug-likeness (QED) is 0.829. The van der Waals surface area contributed by atoms with Gasteiger partial charge in [0, 0.05) is 32.2 Å². The zero-order valence-electron chi connectivity index (χ0n) is 9.73. The lowest BCUT2D eigenvalue weighted by molar-refractivity contribution is 0.209. The number of piperazine rings is 1. The first-order valence-electron chi connectivity index (χ1n) is 5.65. The van der Waals surface area contributed by atoms with Crippen molar-refractivity contribution in [2.45, 2.75) is 19.9 Å². The van der Waals surface area contributed by atoms with Crippen LogP contribution in [0.2, 0.25) is 0 Å². The van der Waals surface area contributed by atoms with Crippen LogP contribution in [0.5, 0.6) is 0 Å². The van der Waals surface area contributed by atoms with Gasteiger partial charge in [0.2, 0.25) is 0 Å². The van der Waals surface area contributed by atoms with Gasteiger partial charge in [-0.2, -0.15) is 0 Å². The molecule has 4 nitrogen and oxygen atoms in total. The van der Waals surface area contributed by atoms with Gasteiger partial charge in [0.25, 0.3) is 0 Å². The van der Waals surface area contributed by atoms with Crippen LogP contribution in [-0.2, 0) is 0 Å². The van der Waals surface area contributed by atoms with E-state index in [1.807, 2.05) is 12.1 Å². The number of rotatable bonds is 2. The van der Waals surface area contributed by atoms with E-state index in [1.165, 1.54) is 0 Å². The second-order valence-electron chi connectivity index (χ2n) is 4.33. The number of hydrogen-bond donors (Lipinski definition) is 0. The molecule has 1 aliphatic rings. The van der Waals surface area contributed by atoms with Gasteiger partial charge in [-0.25, -0.2) is 0 Å². The molecule has 0 spiro atoms. The van der Waals surface area contributed by atoms with Crippen LogP contribution in [0.25, 0.3) is 0 Å². The highest BCUT2D eigenvalue weighted by molar-refractivity contribution is 9.10. The number of anilines is 1. The molecule has 0 atom stereocenters. The molecule has 0 saturated carbocycles. The number of nitrogens with zero attached hydrogens (tertiary/aromatic N) is 4. The van der Waals surface area contributed by atoms with Crippen molar-refractivity contribution in [1.29, 1.82) is 0 Å². The second-order valence-corrected chi connectivity index (χ2v) is 5.14. The molecule has 88 valence electrons. The van der Waals surface area contributed by atoms with Gasteiger partial charge in [0.15, 0.2) is 5.82 Å². The minimum Gasteiger partial charge on any atom is -0.353 e. The molecule has 0 aliphatic carbocycles. The normalized spacial score (nSPS) is 18.1. The van der Waals surface area contributed by atoms with E-state index in [-0.39, 0.29) is 0 Å². The van der Waals surface area contributed by atoms with Gasteiger partial charge in [0.1, 0.15) is 4.60 Å². The van der Waals surface area contributed by atoms with Gasteiger partial charge >= 0.3 is 0 Å². The van der Waals surface area contributed by atoms with Crippen molar-refractivity contribution in [2.75, 3.05) is 31.1 Å². The molecule has 5 heteroatoms. The number of aromatic nitrogens is 2. The molecule has 0 amide bonds. The first kappa shape index (κ1) is 11.8. The fourth-order valence-electron chi connectivity index (χ4n) is 1.95. The summed E-state index contributed by atoms with van der Waals surface area (Å²) in [6.45, 7) is 8.78. The maximum atomic E-state index is 4.18. The molecule has 0 radical (unpaired) electrons. The van der Waals surface area contributed by atoms with Crippen molar-refractivity contribution >= 4 is 21.7 Å². The molecule has 1 aliphatic heterocycles. The summed E-state index contributed by atoms with van der Waals surface area (Å²) in [6.07, 6.45) is 0. The summed E-state index contributed by atoms with van der Waals surface area (Å²) in [5.41, 5.74) is 0. The predicted molar refractivity (Wildman–Crippen MR) is 68.7 cm³/mol. The molecular formula is C11H17BrN4. The third-order valence-corrected chi connectivity index (χ3v) is 3.41. The lowest BCUT2D eigenvalue weighted by Crippen LogP contribution is -2.49. The van der Waals surface area contributed by atoms with E-state index in [2.05, 4.69) is 49.8 Å². The molecule has 1 fully saturated rings. The fraction of sp³-hybridized carbons (Fsp3) is 0.636. The summed E-state index contributed by atoms with van der Waals surface area (Å²) in [5.74, 6) is 0.978. The van der Waals surface area contributed by atoms with E-state index in [9.17, 15) is 0 Å². The molecule has 0 N–H and O–H groups in total. The topological polar surface area (TPSA) is 32.3 Å². The highest BCUT2D eigenvalue weighted by Crippen LogP contribution is 2.15. The summed E-state index contributed by atoms with van der Waals surface area (Å²) < 4.78 is 0.789. The summed E-state index contributed by atoms with van der Waals surface area (Å²) >= 11 is 3.30. The van der Waals surface area contributed by atoms with Crippen molar-refractivity contribution in [3.05, 3.63) is 16.7 Å². The van der Waals surface area contributed by atoms with Crippen LogP contribution in [-0.4, -0.2) is 47.3 Å². The summed E-state index contributed by atoms with van der Waals surface area (Å²) in [5, 5.41) is 8.20. The molecule has 0 bridgehead atoms. The van der Waals surface area contributed by atoms with Gasteiger partial charge < -0.3 is 4.90 Å². The molecule has 0 unspecified atom stereocenters. The van der Waals surface area contributed by atoms with Gasteiger partial charge in [-0.3, -0.25) is 4.90 Å². The summed E-state index contributed by atoms with van der Waals surface area (Å²) in [4.78, 5) is 4.78. The Morgan fingerprint density at radius 3 is 2.31 bits per heavy atom. The van der Waals surface area contributed by atoms with Gasteiger partial charge in [-0.15, -0.1) is 10.2 Å². The largest absolute Gasteiger partial charge is 0.353 e. The zero-order valence-corrected chi connectivity index (χ0v) is 11.3.